The van der Waals surface area contributed by atoms with Gasteiger partial charge in [-0.1, -0.05) is 13.8 Å². The maximum atomic E-state index is 12.1. The number of carbonyl (C=O) groups excluding carboxylic acids is 1. The van der Waals surface area contributed by atoms with Gasteiger partial charge in [0.1, 0.15) is 5.60 Å². The first kappa shape index (κ1) is 27.7. The SMILES string of the molecule is CC1CN(C(=O)OC(C)(C)C)CCC1N1CCCC1.CC1CNCCC1N1CCCC1.Cl. The number of ether oxygens (including phenoxy) is 1. The zero-order valence-corrected chi connectivity index (χ0v) is 22.1. The molecule has 0 aromatic rings. The second-order valence-electron chi connectivity index (χ2n) is 11.3. The number of halogens is 1. The molecule has 0 spiro atoms. The quantitative estimate of drug-likeness (QED) is 0.651. The average Bonchev–Trinajstić information content (AvgIpc) is 3.42. The molecule has 7 heteroatoms. The van der Waals surface area contributed by atoms with E-state index in [4.69, 9.17) is 4.74 Å². The van der Waals surface area contributed by atoms with Crippen LogP contribution in [-0.2, 0) is 4.74 Å². The van der Waals surface area contributed by atoms with Crippen LogP contribution < -0.4 is 5.32 Å². The fourth-order valence-corrected chi connectivity index (χ4v) is 5.86. The summed E-state index contributed by atoms with van der Waals surface area (Å²) in [7, 11) is 0. The highest BCUT2D eigenvalue weighted by Crippen LogP contribution is 2.26. The standard InChI is InChI=1S/C15H28N2O2.C10H20N2.ClH/c1-12-11-17(14(18)19-15(2,3)4)10-7-13(12)16-8-5-6-9-16;1-9-8-11-5-4-10(9)12-6-2-3-7-12;/h12-13H,5-11H2,1-4H3;9-11H,2-8H2,1H3;1H. The lowest BCUT2D eigenvalue weighted by molar-refractivity contribution is 0.00634. The molecule has 4 unspecified atom stereocenters. The molecular formula is C25H49ClN4O2. The lowest BCUT2D eigenvalue weighted by atomic mass is 9.93. The number of likely N-dealkylation sites (tertiary alicyclic amines) is 3. The van der Waals surface area contributed by atoms with Gasteiger partial charge in [-0.05, 0) is 110 Å². The second-order valence-corrected chi connectivity index (χ2v) is 11.3. The summed E-state index contributed by atoms with van der Waals surface area (Å²) in [6.07, 6.45) is 7.81. The molecule has 4 atom stereocenters. The highest BCUT2D eigenvalue weighted by Gasteiger charge is 2.35. The molecular weight excluding hydrogens is 424 g/mol. The van der Waals surface area contributed by atoms with Gasteiger partial charge in [-0.15, -0.1) is 12.4 Å². The van der Waals surface area contributed by atoms with Crippen LogP contribution in [0.5, 0.6) is 0 Å². The highest BCUT2D eigenvalue weighted by molar-refractivity contribution is 5.85. The normalized spacial score (nSPS) is 32.1. The molecule has 4 saturated heterocycles. The fourth-order valence-electron chi connectivity index (χ4n) is 5.86. The molecule has 6 nitrogen and oxygen atoms in total. The van der Waals surface area contributed by atoms with Crippen LogP contribution in [0.25, 0.3) is 0 Å². The van der Waals surface area contributed by atoms with Gasteiger partial charge in [-0.2, -0.15) is 0 Å². The Bertz CT molecular complexity index is 559. The third kappa shape index (κ3) is 8.03. The van der Waals surface area contributed by atoms with Crippen molar-refractivity contribution in [2.45, 2.75) is 90.8 Å². The number of nitrogens with one attached hydrogen (secondary N) is 1. The van der Waals surface area contributed by atoms with Crippen LogP contribution in [0.1, 0.15) is 73.1 Å². The van der Waals surface area contributed by atoms with Crippen LogP contribution in [0.15, 0.2) is 0 Å². The molecule has 0 bridgehead atoms. The van der Waals surface area contributed by atoms with Gasteiger partial charge in [0.2, 0.25) is 0 Å². The van der Waals surface area contributed by atoms with Gasteiger partial charge in [-0.3, -0.25) is 4.90 Å². The van der Waals surface area contributed by atoms with E-state index >= 15 is 0 Å². The van der Waals surface area contributed by atoms with E-state index in [9.17, 15) is 4.79 Å². The number of piperidine rings is 2. The molecule has 4 rings (SSSR count). The van der Waals surface area contributed by atoms with E-state index in [0.717, 1.165) is 31.5 Å². The van der Waals surface area contributed by atoms with Crippen molar-refractivity contribution >= 4 is 18.5 Å². The Morgan fingerprint density at radius 1 is 0.844 bits per heavy atom. The van der Waals surface area contributed by atoms with Gasteiger partial charge >= 0.3 is 6.09 Å². The summed E-state index contributed by atoms with van der Waals surface area (Å²) in [5.74, 6) is 1.40. The van der Waals surface area contributed by atoms with Crippen molar-refractivity contribution in [2.75, 3.05) is 52.4 Å². The molecule has 4 heterocycles. The van der Waals surface area contributed by atoms with E-state index in [0.29, 0.717) is 12.0 Å². The Morgan fingerprint density at radius 2 is 1.38 bits per heavy atom. The van der Waals surface area contributed by atoms with Crippen molar-refractivity contribution in [3.8, 4) is 0 Å². The second kappa shape index (κ2) is 12.8. The number of nitrogens with zero attached hydrogens (tertiary/aromatic N) is 3. The Balaban J connectivity index is 0.000000241. The van der Waals surface area contributed by atoms with Gasteiger partial charge in [0, 0.05) is 25.2 Å². The Hall–Kier alpha value is -0.560. The Kier molecular flexibility index (Phi) is 11.1. The van der Waals surface area contributed by atoms with Crippen LogP contribution >= 0.6 is 12.4 Å². The lowest BCUT2D eigenvalue weighted by Gasteiger charge is -2.41. The van der Waals surface area contributed by atoms with Gasteiger partial charge < -0.3 is 19.9 Å². The fraction of sp³-hybridized carbons (Fsp3) is 0.960. The maximum absolute atomic E-state index is 12.1. The van der Waals surface area contributed by atoms with Crippen LogP contribution in [-0.4, -0.2) is 90.8 Å². The first-order valence-corrected chi connectivity index (χ1v) is 12.9. The predicted molar refractivity (Wildman–Crippen MR) is 135 cm³/mol. The molecule has 1 amide bonds. The van der Waals surface area contributed by atoms with E-state index in [1.165, 1.54) is 71.4 Å². The highest BCUT2D eigenvalue weighted by atomic mass is 35.5. The van der Waals surface area contributed by atoms with Gasteiger partial charge in [0.15, 0.2) is 0 Å². The summed E-state index contributed by atoms with van der Waals surface area (Å²) in [6, 6.07) is 1.54. The first-order chi connectivity index (χ1) is 14.7. The van der Waals surface area contributed by atoms with E-state index in [-0.39, 0.29) is 18.5 Å². The van der Waals surface area contributed by atoms with Gasteiger partial charge in [-0.25, -0.2) is 4.79 Å². The third-order valence-corrected chi connectivity index (χ3v) is 7.47. The van der Waals surface area contributed by atoms with E-state index < -0.39 is 5.60 Å². The molecule has 32 heavy (non-hydrogen) atoms. The summed E-state index contributed by atoms with van der Waals surface area (Å²) >= 11 is 0. The van der Waals surface area contributed by atoms with Crippen LogP contribution in [0, 0.1) is 11.8 Å². The Morgan fingerprint density at radius 3 is 1.84 bits per heavy atom. The molecule has 0 aromatic carbocycles. The molecule has 4 aliphatic heterocycles. The topological polar surface area (TPSA) is 48.1 Å². The summed E-state index contributed by atoms with van der Waals surface area (Å²) in [4.78, 5) is 19.3. The Labute approximate surface area is 203 Å². The largest absolute Gasteiger partial charge is 0.444 e. The van der Waals surface area contributed by atoms with Crippen LogP contribution in [0.4, 0.5) is 4.79 Å². The minimum atomic E-state index is -0.397. The first-order valence-electron chi connectivity index (χ1n) is 12.9. The number of rotatable bonds is 2. The van der Waals surface area contributed by atoms with E-state index in [1.54, 1.807) is 0 Å². The molecule has 4 fully saturated rings. The van der Waals surface area contributed by atoms with Crippen molar-refractivity contribution < 1.29 is 9.53 Å². The van der Waals surface area contributed by atoms with Crippen molar-refractivity contribution in [1.29, 1.82) is 0 Å². The minimum Gasteiger partial charge on any atom is -0.444 e. The van der Waals surface area contributed by atoms with Gasteiger partial charge in [0.25, 0.3) is 0 Å². The summed E-state index contributed by atoms with van der Waals surface area (Å²) in [5, 5.41) is 3.46. The number of amides is 1. The maximum Gasteiger partial charge on any atom is 0.410 e. The van der Waals surface area contributed by atoms with Crippen molar-refractivity contribution in [1.82, 2.24) is 20.0 Å². The molecule has 0 saturated carbocycles. The van der Waals surface area contributed by atoms with Crippen molar-refractivity contribution in [3.63, 3.8) is 0 Å². The summed E-state index contributed by atoms with van der Waals surface area (Å²) in [5.41, 5.74) is -0.397. The number of hydrogen-bond acceptors (Lipinski definition) is 5. The molecule has 188 valence electrons. The van der Waals surface area contributed by atoms with E-state index in [1.807, 2.05) is 25.7 Å². The smallest absolute Gasteiger partial charge is 0.410 e. The molecule has 4 aliphatic rings. The number of carbonyl (C=O) groups is 1. The van der Waals surface area contributed by atoms with Crippen molar-refractivity contribution in [2.24, 2.45) is 11.8 Å². The average molecular weight is 473 g/mol. The van der Waals surface area contributed by atoms with Crippen LogP contribution in [0.3, 0.4) is 0 Å². The summed E-state index contributed by atoms with van der Waals surface area (Å²) < 4.78 is 5.46. The van der Waals surface area contributed by atoms with Gasteiger partial charge in [0.05, 0.1) is 0 Å². The third-order valence-electron chi connectivity index (χ3n) is 7.47. The zero-order chi connectivity index (χ0) is 22.4. The zero-order valence-electron chi connectivity index (χ0n) is 21.3. The predicted octanol–water partition coefficient (Wildman–Crippen LogP) is 4.23. The minimum absolute atomic E-state index is 0. The number of hydrogen-bond donors (Lipinski definition) is 1. The van der Waals surface area contributed by atoms with Crippen LogP contribution in [0.2, 0.25) is 0 Å². The molecule has 0 radical (unpaired) electrons. The molecule has 1 N–H and O–H groups in total. The lowest BCUT2D eigenvalue weighted by Crippen LogP contribution is -2.51. The monoisotopic (exact) mass is 472 g/mol. The van der Waals surface area contributed by atoms with Crippen molar-refractivity contribution in [3.05, 3.63) is 0 Å². The van der Waals surface area contributed by atoms with E-state index in [2.05, 4.69) is 29.0 Å². The molecule has 0 aromatic heterocycles. The summed E-state index contributed by atoms with van der Waals surface area (Å²) in [6.45, 7) is 19.7. The molecule has 0 aliphatic carbocycles.